The van der Waals surface area contributed by atoms with Gasteiger partial charge in [-0.3, -0.25) is 0 Å². The maximum Gasteiger partial charge on any atom is 0.115 e. The summed E-state index contributed by atoms with van der Waals surface area (Å²) in [7, 11) is 0. The average molecular weight is 270 g/mol. The Morgan fingerprint density at radius 1 is 1.30 bits per heavy atom. The lowest BCUT2D eigenvalue weighted by Crippen LogP contribution is -2.33. The van der Waals surface area contributed by atoms with Crippen molar-refractivity contribution in [2.24, 2.45) is 11.3 Å². The lowest BCUT2D eigenvalue weighted by Gasteiger charge is -2.44. The number of hydrogen-bond acceptors (Lipinski definition) is 2. The zero-order valence-electron chi connectivity index (χ0n) is 12.0. The summed E-state index contributed by atoms with van der Waals surface area (Å²) >= 11 is 0. The second-order valence-electron chi connectivity index (χ2n) is 7.18. The largest absolute Gasteiger partial charge is 0.508 e. The second-order valence-corrected chi connectivity index (χ2v) is 7.18. The van der Waals surface area contributed by atoms with Gasteiger partial charge in [0, 0.05) is 5.92 Å². The molecule has 0 aliphatic heterocycles. The third kappa shape index (κ3) is 1.67. The van der Waals surface area contributed by atoms with Crippen LogP contribution in [0, 0.1) is 11.3 Å². The van der Waals surface area contributed by atoms with Crippen molar-refractivity contribution in [2.75, 3.05) is 0 Å². The van der Waals surface area contributed by atoms with Gasteiger partial charge in [0.1, 0.15) is 5.75 Å². The van der Waals surface area contributed by atoms with Gasteiger partial charge in [0.15, 0.2) is 0 Å². The van der Waals surface area contributed by atoms with Gasteiger partial charge in [-0.1, -0.05) is 24.6 Å². The zero-order valence-corrected chi connectivity index (χ0v) is 12.0. The molecule has 0 aromatic heterocycles. The Labute approximate surface area is 120 Å². The second kappa shape index (κ2) is 4.11. The van der Waals surface area contributed by atoms with Crippen LogP contribution in [-0.2, 0) is 6.42 Å². The molecule has 0 saturated heterocycles. The summed E-state index contributed by atoms with van der Waals surface area (Å²) in [6.07, 6.45) is 7.48. The van der Waals surface area contributed by atoms with Gasteiger partial charge in [0.2, 0.25) is 0 Å². The van der Waals surface area contributed by atoms with Gasteiger partial charge >= 0.3 is 0 Å². The normalized spacial score (nSPS) is 38.7. The van der Waals surface area contributed by atoms with Crippen LogP contribution >= 0.6 is 0 Å². The molecule has 2 saturated carbocycles. The first-order valence-electron chi connectivity index (χ1n) is 7.77. The number of aromatic hydroxyl groups is 1. The van der Waals surface area contributed by atoms with E-state index in [1.165, 1.54) is 24.0 Å². The van der Waals surface area contributed by atoms with Crippen molar-refractivity contribution in [3.8, 4) is 5.75 Å². The average Bonchev–Trinajstić information content (AvgIpc) is 2.72. The number of benzene rings is 1. The van der Waals surface area contributed by atoms with E-state index in [1.807, 2.05) is 12.1 Å². The number of allylic oxidation sites excluding steroid dienone is 2. The smallest absolute Gasteiger partial charge is 0.115 e. The molecule has 20 heavy (non-hydrogen) atoms. The van der Waals surface area contributed by atoms with E-state index in [2.05, 4.69) is 19.1 Å². The molecule has 4 atom stereocenters. The Balaban J connectivity index is 1.75. The van der Waals surface area contributed by atoms with Crippen LogP contribution in [0.15, 0.2) is 29.8 Å². The fourth-order valence-corrected chi connectivity index (χ4v) is 4.98. The molecule has 1 aromatic carbocycles. The number of phenols is 1. The highest BCUT2D eigenvalue weighted by atomic mass is 16.3. The minimum atomic E-state index is -0.120. The van der Waals surface area contributed by atoms with Gasteiger partial charge in [0.05, 0.1) is 6.10 Å². The van der Waals surface area contributed by atoms with Crippen molar-refractivity contribution < 1.29 is 10.2 Å². The summed E-state index contributed by atoms with van der Waals surface area (Å²) in [6, 6.07) is 5.84. The van der Waals surface area contributed by atoms with E-state index in [0.29, 0.717) is 23.0 Å². The third-order valence-corrected chi connectivity index (χ3v) is 5.92. The lowest BCUT2D eigenvalue weighted by atomic mass is 9.60. The number of fused-ring (bicyclic) bond motifs is 5. The van der Waals surface area contributed by atoms with Crippen molar-refractivity contribution in [1.29, 1.82) is 0 Å². The highest BCUT2D eigenvalue weighted by Crippen LogP contribution is 2.59. The van der Waals surface area contributed by atoms with Crippen LogP contribution in [0.3, 0.4) is 0 Å². The van der Waals surface area contributed by atoms with Crippen molar-refractivity contribution in [3.63, 3.8) is 0 Å². The Bertz CT molecular complexity index is 589. The number of aliphatic hydroxyl groups is 1. The summed E-state index contributed by atoms with van der Waals surface area (Å²) in [5.41, 5.74) is 4.55. The first-order chi connectivity index (χ1) is 9.57. The quantitative estimate of drug-likeness (QED) is 0.708. The minimum Gasteiger partial charge on any atom is -0.508 e. The van der Waals surface area contributed by atoms with Gasteiger partial charge in [-0.2, -0.15) is 0 Å². The predicted molar refractivity (Wildman–Crippen MR) is 78.7 cm³/mol. The van der Waals surface area contributed by atoms with Crippen LogP contribution in [-0.4, -0.2) is 16.3 Å². The standard InChI is InChI=1S/C18H22O2/c1-18-7-6-15-14-5-3-12(19)8-11(14)2-4-16(15)17(18)9-13(20)10-18/h3-5,8,13,15,17,19-20H,2,6-7,9-10H2,1H3/t13-,15+,17-,18+/m0/s1. The van der Waals surface area contributed by atoms with Crippen molar-refractivity contribution in [1.82, 2.24) is 0 Å². The Hall–Kier alpha value is -1.28. The van der Waals surface area contributed by atoms with E-state index in [9.17, 15) is 10.2 Å². The maximum atomic E-state index is 10.1. The maximum absolute atomic E-state index is 10.1. The Morgan fingerprint density at radius 2 is 2.15 bits per heavy atom. The van der Waals surface area contributed by atoms with Crippen molar-refractivity contribution >= 4 is 0 Å². The lowest BCUT2D eigenvalue weighted by molar-refractivity contribution is 0.151. The molecule has 2 heteroatoms. The Kier molecular flexibility index (Phi) is 2.56. The predicted octanol–water partition coefficient (Wildman–Crippen LogP) is 3.53. The highest BCUT2D eigenvalue weighted by Gasteiger charge is 2.50. The SMILES string of the molecule is C[C@]12CC[C@H]3C(=CCc4cc(O)ccc43)[C@@H]1C[C@H](O)C2. The molecule has 1 aromatic rings. The number of rotatable bonds is 0. The van der Waals surface area contributed by atoms with Crippen LogP contribution < -0.4 is 0 Å². The molecular formula is C18H22O2. The van der Waals surface area contributed by atoms with E-state index in [-0.39, 0.29) is 6.10 Å². The molecular weight excluding hydrogens is 248 g/mol. The first kappa shape index (κ1) is 12.5. The molecule has 2 fully saturated rings. The number of phenolic OH excluding ortho intramolecular Hbond substituents is 1. The van der Waals surface area contributed by atoms with Crippen molar-refractivity contribution in [3.05, 3.63) is 41.0 Å². The molecule has 0 heterocycles. The molecule has 106 valence electrons. The molecule has 0 spiro atoms. The number of aliphatic hydroxyl groups excluding tert-OH is 1. The summed E-state index contributed by atoms with van der Waals surface area (Å²) in [4.78, 5) is 0. The highest BCUT2D eigenvalue weighted by molar-refractivity contribution is 5.47. The van der Waals surface area contributed by atoms with Crippen LogP contribution in [0.25, 0.3) is 0 Å². The van der Waals surface area contributed by atoms with Crippen LogP contribution in [0.1, 0.15) is 49.7 Å². The van der Waals surface area contributed by atoms with Gasteiger partial charge in [0.25, 0.3) is 0 Å². The Morgan fingerprint density at radius 3 is 3.00 bits per heavy atom. The van der Waals surface area contributed by atoms with E-state index in [4.69, 9.17) is 0 Å². The molecule has 0 bridgehead atoms. The molecule has 2 N–H and O–H groups in total. The first-order valence-corrected chi connectivity index (χ1v) is 7.77. The summed E-state index contributed by atoms with van der Waals surface area (Å²) < 4.78 is 0. The fourth-order valence-electron chi connectivity index (χ4n) is 4.98. The number of hydrogen-bond donors (Lipinski definition) is 2. The summed E-state index contributed by atoms with van der Waals surface area (Å²) in [5.74, 6) is 1.44. The molecule has 0 radical (unpaired) electrons. The van der Waals surface area contributed by atoms with Crippen LogP contribution in [0.2, 0.25) is 0 Å². The molecule has 0 amide bonds. The van der Waals surface area contributed by atoms with Crippen LogP contribution in [0.5, 0.6) is 5.75 Å². The topological polar surface area (TPSA) is 40.5 Å². The van der Waals surface area contributed by atoms with E-state index >= 15 is 0 Å². The fraction of sp³-hybridized carbons (Fsp3) is 0.556. The van der Waals surface area contributed by atoms with E-state index in [1.54, 1.807) is 5.57 Å². The molecule has 3 aliphatic rings. The third-order valence-electron chi connectivity index (χ3n) is 5.92. The van der Waals surface area contributed by atoms with E-state index < -0.39 is 0 Å². The molecule has 4 rings (SSSR count). The minimum absolute atomic E-state index is 0.120. The van der Waals surface area contributed by atoms with Crippen molar-refractivity contribution in [2.45, 2.75) is 51.0 Å². The molecule has 0 unspecified atom stereocenters. The van der Waals surface area contributed by atoms with Gasteiger partial charge < -0.3 is 10.2 Å². The van der Waals surface area contributed by atoms with E-state index in [0.717, 1.165) is 19.3 Å². The molecule has 3 aliphatic carbocycles. The van der Waals surface area contributed by atoms with Gasteiger partial charge in [-0.15, -0.1) is 0 Å². The zero-order chi connectivity index (χ0) is 13.9. The summed E-state index contributed by atoms with van der Waals surface area (Å²) in [6.45, 7) is 2.36. The van der Waals surface area contributed by atoms with Gasteiger partial charge in [-0.05, 0) is 66.7 Å². The monoisotopic (exact) mass is 270 g/mol. The molecule has 2 nitrogen and oxygen atoms in total. The van der Waals surface area contributed by atoms with Crippen LogP contribution in [0.4, 0.5) is 0 Å². The summed E-state index contributed by atoms with van der Waals surface area (Å²) in [5, 5.41) is 19.7. The van der Waals surface area contributed by atoms with Gasteiger partial charge in [-0.25, -0.2) is 0 Å².